The Morgan fingerprint density at radius 2 is 1.51 bits per heavy atom. The van der Waals surface area contributed by atoms with Crippen molar-refractivity contribution in [3.63, 3.8) is 0 Å². The number of carbonyl (C=O) groups is 2. The van der Waals surface area contributed by atoms with Crippen LogP contribution in [0.2, 0.25) is 0 Å². The van der Waals surface area contributed by atoms with E-state index in [9.17, 15) is 14.7 Å². The van der Waals surface area contributed by atoms with E-state index in [0.29, 0.717) is 32.2 Å². The minimum absolute atomic E-state index is 0.00196. The molecule has 3 aromatic carbocycles. The van der Waals surface area contributed by atoms with Gasteiger partial charge in [0, 0.05) is 44.5 Å². The molecule has 41 heavy (non-hydrogen) atoms. The van der Waals surface area contributed by atoms with E-state index in [1.54, 1.807) is 0 Å². The molecule has 1 heterocycles. The quantitative estimate of drug-likeness (QED) is 0.235. The number of benzene rings is 3. The molecule has 0 aromatic heterocycles. The highest BCUT2D eigenvalue weighted by Gasteiger charge is 2.32. The average molecular weight is 561 g/mol. The summed E-state index contributed by atoms with van der Waals surface area (Å²) in [6, 6.07) is 26.1. The molecule has 0 radical (unpaired) electrons. The number of ether oxygens (including phenoxy) is 2. The van der Waals surface area contributed by atoms with E-state index in [0.717, 1.165) is 35.3 Å². The fourth-order valence-corrected chi connectivity index (χ4v) is 4.98. The number of nitrogens with zero attached hydrogens (tertiary/aromatic N) is 1. The number of rotatable bonds is 14. The zero-order chi connectivity index (χ0) is 29.0. The van der Waals surface area contributed by atoms with E-state index in [1.807, 2.05) is 66.7 Å². The molecule has 1 aliphatic heterocycles. The maximum absolute atomic E-state index is 12.1. The summed E-state index contributed by atoms with van der Waals surface area (Å²) in [5.74, 6) is -0.927. The average Bonchev–Trinajstić information content (AvgIpc) is 2.99. The minimum Gasteiger partial charge on any atom is -0.481 e. The van der Waals surface area contributed by atoms with Gasteiger partial charge in [0.05, 0.1) is 18.8 Å². The van der Waals surface area contributed by atoms with Gasteiger partial charge in [0.2, 0.25) is 5.91 Å². The maximum Gasteiger partial charge on any atom is 0.303 e. The Balaban J connectivity index is 1.38. The molecule has 8 nitrogen and oxygen atoms in total. The van der Waals surface area contributed by atoms with Crippen LogP contribution in [0.25, 0.3) is 0 Å². The molecule has 0 saturated carbocycles. The predicted molar refractivity (Wildman–Crippen MR) is 156 cm³/mol. The lowest BCUT2D eigenvalue weighted by atomic mass is 9.99. The topological polar surface area (TPSA) is 108 Å². The zero-order valence-electron chi connectivity index (χ0n) is 23.6. The Morgan fingerprint density at radius 1 is 0.854 bits per heavy atom. The van der Waals surface area contributed by atoms with Gasteiger partial charge in [-0.1, -0.05) is 78.9 Å². The second kappa shape index (κ2) is 15.4. The summed E-state index contributed by atoms with van der Waals surface area (Å²) in [5, 5.41) is 21.1. The number of unbranched alkanes of at least 4 members (excludes halogenated alkanes) is 1. The molecule has 3 N–H and O–H groups in total. The Labute approximate surface area is 241 Å². The Morgan fingerprint density at radius 3 is 2.20 bits per heavy atom. The number of carboxylic acids is 1. The maximum atomic E-state index is 12.1. The highest BCUT2D eigenvalue weighted by atomic mass is 16.7. The standard InChI is InChI=1S/C33H40N2O6/c1-35(21-25-7-3-2-4-8-25)22-29-19-30(27-15-13-26(23-36)14-16-27)41-33(40-29)28-17-11-24(12-18-28)20-34-31(37)9-5-6-10-32(38)39/h2-4,7-8,11-18,29-30,33,36H,5-6,9-10,19-23H2,1H3,(H,34,37)(H,38,39)/t29-,30+,33+/m1/s1. The van der Waals surface area contributed by atoms with Crippen LogP contribution < -0.4 is 5.32 Å². The van der Waals surface area contributed by atoms with E-state index in [4.69, 9.17) is 14.6 Å². The van der Waals surface area contributed by atoms with Gasteiger partial charge in [-0.3, -0.25) is 14.5 Å². The molecule has 3 atom stereocenters. The molecule has 3 aromatic rings. The second-order valence-corrected chi connectivity index (χ2v) is 10.7. The molecule has 4 rings (SSSR count). The fraction of sp³-hybridized carbons (Fsp3) is 0.394. The van der Waals surface area contributed by atoms with Gasteiger partial charge in [-0.2, -0.15) is 0 Å². The number of aliphatic hydroxyl groups excluding tert-OH is 1. The van der Waals surface area contributed by atoms with Crippen molar-refractivity contribution in [1.82, 2.24) is 10.2 Å². The number of aliphatic hydroxyl groups is 1. The molecule has 218 valence electrons. The second-order valence-electron chi connectivity index (χ2n) is 10.7. The van der Waals surface area contributed by atoms with Crippen molar-refractivity contribution in [2.75, 3.05) is 13.6 Å². The van der Waals surface area contributed by atoms with Gasteiger partial charge in [0.1, 0.15) is 0 Å². The van der Waals surface area contributed by atoms with Crippen LogP contribution in [0, 0.1) is 0 Å². The van der Waals surface area contributed by atoms with Gasteiger partial charge in [0.25, 0.3) is 0 Å². The van der Waals surface area contributed by atoms with Gasteiger partial charge >= 0.3 is 5.97 Å². The molecule has 0 bridgehead atoms. The molecule has 1 fully saturated rings. The molecule has 1 saturated heterocycles. The number of aliphatic carboxylic acids is 1. The lowest BCUT2D eigenvalue weighted by Gasteiger charge is -2.38. The number of hydrogen-bond acceptors (Lipinski definition) is 6. The SMILES string of the molecule is CN(Cc1ccccc1)C[C@H]1C[C@@H](c2ccc(CO)cc2)O[C@@H](c2ccc(CNC(=O)CCCCC(=O)O)cc2)O1. The van der Waals surface area contributed by atoms with Crippen molar-refractivity contribution in [1.29, 1.82) is 0 Å². The van der Waals surface area contributed by atoms with Crippen molar-refractivity contribution in [2.45, 2.75) is 70.3 Å². The molecular formula is C33H40N2O6. The number of nitrogens with one attached hydrogen (secondary N) is 1. The number of carbonyl (C=O) groups excluding carboxylic acids is 1. The summed E-state index contributed by atoms with van der Waals surface area (Å²) in [4.78, 5) is 25.0. The van der Waals surface area contributed by atoms with E-state index in [1.165, 1.54) is 5.56 Å². The lowest BCUT2D eigenvalue weighted by Crippen LogP contribution is -2.37. The Bertz CT molecular complexity index is 1230. The molecule has 0 aliphatic carbocycles. The van der Waals surface area contributed by atoms with Crippen molar-refractivity contribution in [2.24, 2.45) is 0 Å². The van der Waals surface area contributed by atoms with Crippen LogP contribution >= 0.6 is 0 Å². The zero-order valence-corrected chi connectivity index (χ0v) is 23.6. The molecule has 0 unspecified atom stereocenters. The third-order valence-electron chi connectivity index (χ3n) is 7.21. The van der Waals surface area contributed by atoms with Crippen LogP contribution in [0.1, 0.15) is 72.3 Å². The highest BCUT2D eigenvalue weighted by molar-refractivity contribution is 5.75. The number of carboxylic acid groups (broad SMARTS) is 1. The number of likely N-dealkylation sites (N-methyl/N-ethyl adjacent to an activating group) is 1. The van der Waals surface area contributed by atoms with Crippen LogP contribution in [0.3, 0.4) is 0 Å². The van der Waals surface area contributed by atoms with Gasteiger partial charge in [-0.15, -0.1) is 0 Å². The minimum atomic E-state index is -0.840. The lowest BCUT2D eigenvalue weighted by molar-refractivity contribution is -0.252. The third kappa shape index (κ3) is 9.79. The molecule has 1 aliphatic rings. The molecular weight excluding hydrogens is 520 g/mol. The summed E-state index contributed by atoms with van der Waals surface area (Å²) in [5.41, 5.74) is 5.02. The molecule has 0 spiro atoms. The number of hydrogen-bond donors (Lipinski definition) is 3. The monoisotopic (exact) mass is 560 g/mol. The first-order chi connectivity index (χ1) is 19.9. The molecule has 8 heteroatoms. The summed E-state index contributed by atoms with van der Waals surface area (Å²) in [6.07, 6.45) is 1.41. The van der Waals surface area contributed by atoms with Crippen LogP contribution in [0.15, 0.2) is 78.9 Å². The largest absolute Gasteiger partial charge is 0.481 e. The van der Waals surface area contributed by atoms with Crippen LogP contribution in [0.4, 0.5) is 0 Å². The van der Waals surface area contributed by atoms with Crippen LogP contribution in [0.5, 0.6) is 0 Å². The van der Waals surface area contributed by atoms with Crippen molar-refractivity contribution >= 4 is 11.9 Å². The van der Waals surface area contributed by atoms with Crippen LogP contribution in [-0.4, -0.2) is 46.7 Å². The summed E-state index contributed by atoms with van der Waals surface area (Å²) < 4.78 is 12.9. The summed E-state index contributed by atoms with van der Waals surface area (Å²) in [6.45, 7) is 1.97. The van der Waals surface area contributed by atoms with Gasteiger partial charge < -0.3 is 25.0 Å². The summed E-state index contributed by atoms with van der Waals surface area (Å²) >= 11 is 0. The predicted octanol–water partition coefficient (Wildman–Crippen LogP) is 5.12. The third-order valence-corrected chi connectivity index (χ3v) is 7.21. The van der Waals surface area contributed by atoms with Crippen molar-refractivity contribution in [3.05, 3.63) is 107 Å². The first-order valence-corrected chi connectivity index (χ1v) is 14.2. The fourth-order valence-electron chi connectivity index (χ4n) is 4.98. The van der Waals surface area contributed by atoms with Gasteiger partial charge in [0.15, 0.2) is 6.29 Å². The number of amides is 1. The van der Waals surface area contributed by atoms with E-state index < -0.39 is 12.3 Å². The highest BCUT2D eigenvalue weighted by Crippen LogP contribution is 2.38. The van der Waals surface area contributed by atoms with E-state index >= 15 is 0 Å². The van der Waals surface area contributed by atoms with Gasteiger partial charge in [-0.25, -0.2) is 0 Å². The molecule has 1 amide bonds. The Kier molecular flexibility index (Phi) is 11.5. The summed E-state index contributed by atoms with van der Waals surface area (Å²) in [7, 11) is 2.10. The van der Waals surface area contributed by atoms with Crippen LogP contribution in [-0.2, 0) is 38.8 Å². The first-order valence-electron chi connectivity index (χ1n) is 14.2. The first kappa shape index (κ1) is 30.4. The smallest absolute Gasteiger partial charge is 0.303 e. The van der Waals surface area contributed by atoms with Crippen molar-refractivity contribution in [3.8, 4) is 0 Å². The normalized spacial score (nSPS) is 18.8. The van der Waals surface area contributed by atoms with E-state index in [2.05, 4.69) is 29.4 Å². The van der Waals surface area contributed by atoms with Crippen molar-refractivity contribution < 1.29 is 29.3 Å². The van der Waals surface area contributed by atoms with E-state index in [-0.39, 0.29) is 31.1 Å². The Hall–Kier alpha value is -3.56. The van der Waals surface area contributed by atoms with Gasteiger partial charge in [-0.05, 0) is 42.1 Å².